The summed E-state index contributed by atoms with van der Waals surface area (Å²) in [4.78, 5) is 12.2. The number of aromatic nitrogens is 2. The van der Waals surface area contributed by atoms with E-state index in [9.17, 15) is 4.79 Å². The minimum absolute atomic E-state index is 0.0252. The molecule has 0 radical (unpaired) electrons. The van der Waals surface area contributed by atoms with E-state index in [1.165, 1.54) is 0 Å². The van der Waals surface area contributed by atoms with Crippen LogP contribution in [0.5, 0.6) is 0 Å². The van der Waals surface area contributed by atoms with Crippen LogP contribution >= 0.6 is 0 Å². The van der Waals surface area contributed by atoms with Crippen molar-refractivity contribution < 1.29 is 4.79 Å². The molecule has 1 aromatic rings. The van der Waals surface area contributed by atoms with Gasteiger partial charge in [-0.15, -0.1) is 0 Å². The number of nitrogens with zero attached hydrogens (tertiary/aromatic N) is 2. The van der Waals surface area contributed by atoms with Crippen LogP contribution in [0.4, 0.5) is 0 Å². The molecule has 0 aliphatic heterocycles. The molecule has 0 saturated heterocycles. The summed E-state index contributed by atoms with van der Waals surface area (Å²) in [7, 11) is 0. The monoisotopic (exact) mass is 250 g/mol. The molecule has 1 fully saturated rings. The minimum atomic E-state index is -0.0252. The van der Waals surface area contributed by atoms with Gasteiger partial charge >= 0.3 is 0 Å². The summed E-state index contributed by atoms with van der Waals surface area (Å²) >= 11 is 0. The van der Waals surface area contributed by atoms with Gasteiger partial charge in [-0.3, -0.25) is 9.48 Å². The normalized spacial score (nSPS) is 23.3. The average molecular weight is 250 g/mol. The summed E-state index contributed by atoms with van der Waals surface area (Å²) in [5, 5.41) is 7.40. The summed E-state index contributed by atoms with van der Waals surface area (Å²) in [6.07, 6.45) is 3.30. The number of hydrogen-bond acceptors (Lipinski definition) is 3. The molecule has 100 valence electrons. The average Bonchev–Trinajstić information content (AvgIpc) is 2.94. The van der Waals surface area contributed by atoms with E-state index in [1.54, 1.807) is 4.68 Å². The highest BCUT2D eigenvalue weighted by Crippen LogP contribution is 2.24. The Morgan fingerprint density at radius 1 is 1.61 bits per heavy atom. The van der Waals surface area contributed by atoms with Crippen molar-refractivity contribution in [1.82, 2.24) is 15.1 Å². The first kappa shape index (κ1) is 13.1. The Morgan fingerprint density at radius 2 is 2.39 bits per heavy atom. The van der Waals surface area contributed by atoms with E-state index in [0.29, 0.717) is 24.7 Å². The molecule has 2 unspecified atom stereocenters. The van der Waals surface area contributed by atoms with Crippen molar-refractivity contribution in [3.63, 3.8) is 0 Å². The molecule has 0 bridgehead atoms. The van der Waals surface area contributed by atoms with E-state index in [2.05, 4.69) is 10.4 Å². The molecule has 5 nitrogen and oxygen atoms in total. The Labute approximate surface area is 108 Å². The van der Waals surface area contributed by atoms with Crippen LogP contribution in [0.25, 0.3) is 0 Å². The van der Waals surface area contributed by atoms with Crippen LogP contribution < -0.4 is 11.1 Å². The summed E-state index contributed by atoms with van der Waals surface area (Å²) in [5.74, 6) is 0.399. The molecule has 0 aromatic carbocycles. The first-order valence-electron chi connectivity index (χ1n) is 6.71. The number of carbonyl (C=O) groups is 1. The smallest absolute Gasteiger partial charge is 0.269 e. The topological polar surface area (TPSA) is 72.9 Å². The summed E-state index contributed by atoms with van der Waals surface area (Å²) in [6, 6.07) is 2.06. The zero-order valence-corrected chi connectivity index (χ0v) is 11.1. The van der Waals surface area contributed by atoms with Gasteiger partial charge in [0.2, 0.25) is 0 Å². The van der Waals surface area contributed by atoms with Crippen LogP contribution in [0.1, 0.15) is 42.4 Å². The molecule has 1 aliphatic carbocycles. The molecule has 5 heteroatoms. The standard InChI is InChI=1S/C13H22N4O/c1-3-17-12(7-9(2)16-17)13(18)15-11-6-4-5-10(11)8-14/h7,10-11H,3-6,8,14H2,1-2H3,(H,15,18). The maximum absolute atomic E-state index is 12.2. The van der Waals surface area contributed by atoms with Gasteiger partial charge in [0, 0.05) is 12.6 Å². The fraction of sp³-hybridized carbons (Fsp3) is 0.692. The van der Waals surface area contributed by atoms with Crippen molar-refractivity contribution in [3.8, 4) is 0 Å². The van der Waals surface area contributed by atoms with Crippen LogP contribution in [-0.4, -0.2) is 28.3 Å². The molecule has 1 amide bonds. The molecule has 18 heavy (non-hydrogen) atoms. The van der Waals surface area contributed by atoms with E-state index >= 15 is 0 Å². The van der Waals surface area contributed by atoms with Gasteiger partial charge in [0.1, 0.15) is 5.69 Å². The molecular formula is C13H22N4O. The molecule has 1 heterocycles. The van der Waals surface area contributed by atoms with Crippen molar-refractivity contribution >= 4 is 5.91 Å². The summed E-state index contributed by atoms with van der Waals surface area (Å²) in [5.41, 5.74) is 7.26. The number of amides is 1. The maximum Gasteiger partial charge on any atom is 0.269 e. The molecule has 0 spiro atoms. The number of carbonyl (C=O) groups excluding carboxylic acids is 1. The van der Waals surface area contributed by atoms with E-state index in [1.807, 2.05) is 19.9 Å². The molecule has 1 aromatic heterocycles. The number of nitrogens with one attached hydrogen (secondary N) is 1. The number of rotatable bonds is 4. The highest BCUT2D eigenvalue weighted by atomic mass is 16.2. The van der Waals surface area contributed by atoms with Gasteiger partial charge in [0.15, 0.2) is 0 Å². The Balaban J connectivity index is 2.07. The third kappa shape index (κ3) is 2.56. The van der Waals surface area contributed by atoms with E-state index in [0.717, 1.165) is 25.0 Å². The molecule has 1 aliphatic rings. The Hall–Kier alpha value is -1.36. The number of nitrogens with two attached hydrogens (primary N) is 1. The lowest BCUT2D eigenvalue weighted by atomic mass is 10.0. The predicted octanol–water partition coefficient (Wildman–Crippen LogP) is 1.07. The quantitative estimate of drug-likeness (QED) is 0.839. The minimum Gasteiger partial charge on any atom is -0.348 e. The van der Waals surface area contributed by atoms with Crippen molar-refractivity contribution in [2.75, 3.05) is 6.54 Å². The van der Waals surface area contributed by atoms with Gasteiger partial charge in [0.25, 0.3) is 5.91 Å². The van der Waals surface area contributed by atoms with Crippen LogP contribution in [0, 0.1) is 12.8 Å². The highest BCUT2D eigenvalue weighted by molar-refractivity contribution is 5.92. The first-order chi connectivity index (χ1) is 8.65. The van der Waals surface area contributed by atoms with Gasteiger partial charge in [0.05, 0.1) is 5.69 Å². The van der Waals surface area contributed by atoms with Crippen LogP contribution in [0.2, 0.25) is 0 Å². The summed E-state index contributed by atoms with van der Waals surface area (Å²) < 4.78 is 1.75. The second kappa shape index (κ2) is 5.52. The van der Waals surface area contributed by atoms with Gasteiger partial charge < -0.3 is 11.1 Å². The largest absolute Gasteiger partial charge is 0.348 e. The molecule has 2 rings (SSSR count). The zero-order valence-electron chi connectivity index (χ0n) is 11.1. The fourth-order valence-electron chi connectivity index (χ4n) is 2.72. The van der Waals surface area contributed by atoms with Crippen LogP contribution in [0.15, 0.2) is 6.07 Å². The Morgan fingerprint density at radius 3 is 3.06 bits per heavy atom. The molecule has 2 atom stereocenters. The van der Waals surface area contributed by atoms with Crippen molar-refractivity contribution in [2.45, 2.75) is 45.7 Å². The fourth-order valence-corrected chi connectivity index (χ4v) is 2.72. The SMILES string of the molecule is CCn1nc(C)cc1C(=O)NC1CCCC1CN. The third-order valence-corrected chi connectivity index (χ3v) is 3.71. The number of hydrogen-bond donors (Lipinski definition) is 2. The van der Waals surface area contributed by atoms with Gasteiger partial charge in [-0.25, -0.2) is 0 Å². The first-order valence-corrected chi connectivity index (χ1v) is 6.71. The van der Waals surface area contributed by atoms with Gasteiger partial charge in [-0.1, -0.05) is 6.42 Å². The molecule has 1 saturated carbocycles. The van der Waals surface area contributed by atoms with Crippen LogP contribution in [0.3, 0.4) is 0 Å². The van der Waals surface area contributed by atoms with E-state index in [-0.39, 0.29) is 11.9 Å². The molecule has 3 N–H and O–H groups in total. The number of aryl methyl sites for hydroxylation is 2. The van der Waals surface area contributed by atoms with Crippen LogP contribution in [-0.2, 0) is 6.54 Å². The van der Waals surface area contributed by atoms with Gasteiger partial charge in [-0.05, 0) is 45.2 Å². The maximum atomic E-state index is 12.2. The summed E-state index contributed by atoms with van der Waals surface area (Å²) in [6.45, 7) is 5.25. The second-order valence-electron chi connectivity index (χ2n) is 4.99. The van der Waals surface area contributed by atoms with Crippen molar-refractivity contribution in [3.05, 3.63) is 17.5 Å². The lowest BCUT2D eigenvalue weighted by molar-refractivity contribution is 0.0918. The second-order valence-corrected chi connectivity index (χ2v) is 4.99. The zero-order chi connectivity index (χ0) is 13.1. The lowest BCUT2D eigenvalue weighted by Crippen LogP contribution is -2.40. The highest BCUT2D eigenvalue weighted by Gasteiger charge is 2.28. The Bertz CT molecular complexity index is 427. The predicted molar refractivity (Wildman–Crippen MR) is 70.3 cm³/mol. The Kier molecular flexibility index (Phi) is 4.01. The lowest BCUT2D eigenvalue weighted by Gasteiger charge is -2.19. The van der Waals surface area contributed by atoms with E-state index in [4.69, 9.17) is 5.73 Å². The third-order valence-electron chi connectivity index (χ3n) is 3.71. The van der Waals surface area contributed by atoms with Gasteiger partial charge in [-0.2, -0.15) is 5.10 Å². The van der Waals surface area contributed by atoms with Crippen molar-refractivity contribution in [1.29, 1.82) is 0 Å². The molecular weight excluding hydrogens is 228 g/mol. The van der Waals surface area contributed by atoms with E-state index < -0.39 is 0 Å². The van der Waals surface area contributed by atoms with Crippen molar-refractivity contribution in [2.24, 2.45) is 11.7 Å².